The zero-order chi connectivity index (χ0) is 9.97. The number of hydrogen-bond donors (Lipinski definition) is 1. The minimum Gasteiger partial charge on any atom is -0.381 e. The molecule has 0 saturated heterocycles. The van der Waals surface area contributed by atoms with E-state index in [2.05, 4.69) is 9.97 Å². The summed E-state index contributed by atoms with van der Waals surface area (Å²) >= 11 is 0. The molecule has 0 aromatic carbocycles. The van der Waals surface area contributed by atoms with Crippen molar-refractivity contribution in [2.45, 2.75) is 0 Å². The van der Waals surface area contributed by atoms with Crippen LogP contribution in [-0.4, -0.2) is 9.97 Å². The molecule has 3 nitrogen and oxygen atoms in total. The molecule has 70 valence electrons. The zero-order valence-electron chi connectivity index (χ0n) is 7.31. The molecule has 0 amide bonds. The van der Waals surface area contributed by atoms with Gasteiger partial charge in [0.15, 0.2) is 11.6 Å². The molecule has 2 N–H and O–H groups in total. The maximum atomic E-state index is 13.1. The van der Waals surface area contributed by atoms with Crippen LogP contribution in [0.15, 0.2) is 36.8 Å². The molecule has 0 spiro atoms. The Balaban J connectivity index is 2.48. The number of aromatic nitrogens is 2. The van der Waals surface area contributed by atoms with Gasteiger partial charge >= 0.3 is 0 Å². The van der Waals surface area contributed by atoms with Crippen molar-refractivity contribution in [3.05, 3.63) is 42.6 Å². The molecular formula is C10H8FN3. The lowest BCUT2D eigenvalue weighted by Crippen LogP contribution is -1.94. The van der Waals surface area contributed by atoms with Gasteiger partial charge in [-0.25, -0.2) is 9.37 Å². The number of nitrogen functional groups attached to an aromatic ring is 1. The number of nitrogens with zero attached hydrogens (tertiary/aromatic N) is 2. The largest absolute Gasteiger partial charge is 0.381 e. The highest BCUT2D eigenvalue weighted by Crippen LogP contribution is 2.19. The highest BCUT2D eigenvalue weighted by atomic mass is 19.1. The average molecular weight is 189 g/mol. The maximum Gasteiger partial charge on any atom is 0.165 e. The van der Waals surface area contributed by atoms with E-state index >= 15 is 0 Å². The van der Waals surface area contributed by atoms with E-state index in [4.69, 9.17) is 5.73 Å². The van der Waals surface area contributed by atoms with Crippen LogP contribution in [0.5, 0.6) is 0 Å². The van der Waals surface area contributed by atoms with Gasteiger partial charge in [0.25, 0.3) is 0 Å². The normalized spacial score (nSPS) is 10.1. The molecule has 14 heavy (non-hydrogen) atoms. The predicted octanol–water partition coefficient (Wildman–Crippen LogP) is 1.86. The molecule has 2 aromatic rings. The van der Waals surface area contributed by atoms with Crippen LogP contribution in [0.4, 0.5) is 10.2 Å². The van der Waals surface area contributed by atoms with Crippen LogP contribution in [0.2, 0.25) is 0 Å². The standard InChI is InChI=1S/C10H8FN3/c11-9-5-8(6-14-10(9)12)7-1-3-13-4-2-7/h1-6H,(H2,12,14). The summed E-state index contributed by atoms with van der Waals surface area (Å²) in [6, 6.07) is 4.93. The minimum atomic E-state index is -0.501. The van der Waals surface area contributed by atoms with Crippen molar-refractivity contribution in [3.63, 3.8) is 0 Å². The summed E-state index contributed by atoms with van der Waals surface area (Å²) in [5.41, 5.74) is 6.83. The van der Waals surface area contributed by atoms with Crippen LogP contribution < -0.4 is 5.73 Å². The Kier molecular flexibility index (Phi) is 2.10. The second-order valence-electron chi connectivity index (χ2n) is 2.83. The van der Waals surface area contributed by atoms with Gasteiger partial charge in [-0.1, -0.05) is 0 Å². The molecular weight excluding hydrogens is 181 g/mol. The number of anilines is 1. The van der Waals surface area contributed by atoms with Crippen molar-refractivity contribution in [2.75, 3.05) is 5.73 Å². The fourth-order valence-electron chi connectivity index (χ4n) is 1.15. The monoisotopic (exact) mass is 189 g/mol. The van der Waals surface area contributed by atoms with Gasteiger partial charge in [-0.15, -0.1) is 0 Å². The fourth-order valence-corrected chi connectivity index (χ4v) is 1.15. The molecule has 0 aliphatic heterocycles. The van der Waals surface area contributed by atoms with Crippen LogP contribution in [0.25, 0.3) is 11.1 Å². The molecule has 0 radical (unpaired) electrons. The summed E-state index contributed by atoms with van der Waals surface area (Å²) in [7, 11) is 0. The first-order chi connectivity index (χ1) is 6.77. The van der Waals surface area contributed by atoms with Gasteiger partial charge in [-0.3, -0.25) is 4.98 Å². The van der Waals surface area contributed by atoms with Crippen molar-refractivity contribution in [3.8, 4) is 11.1 Å². The van der Waals surface area contributed by atoms with Gasteiger partial charge < -0.3 is 5.73 Å². The Morgan fingerprint density at radius 3 is 2.50 bits per heavy atom. The van der Waals surface area contributed by atoms with Crippen molar-refractivity contribution in [1.29, 1.82) is 0 Å². The third kappa shape index (κ3) is 1.54. The molecule has 0 unspecified atom stereocenters. The summed E-state index contributed by atoms with van der Waals surface area (Å²) in [5.74, 6) is -0.581. The number of nitrogens with two attached hydrogens (primary N) is 1. The second-order valence-corrected chi connectivity index (χ2v) is 2.83. The molecule has 2 rings (SSSR count). The van der Waals surface area contributed by atoms with E-state index in [1.54, 1.807) is 24.5 Å². The summed E-state index contributed by atoms with van der Waals surface area (Å²) in [5, 5.41) is 0. The fraction of sp³-hybridized carbons (Fsp3) is 0. The molecule has 0 aliphatic rings. The van der Waals surface area contributed by atoms with Gasteiger partial charge in [0.2, 0.25) is 0 Å². The molecule has 0 fully saturated rings. The SMILES string of the molecule is Nc1ncc(-c2ccncc2)cc1F. The molecule has 0 bridgehead atoms. The summed E-state index contributed by atoms with van der Waals surface area (Å²) in [6.45, 7) is 0. The van der Waals surface area contributed by atoms with E-state index in [-0.39, 0.29) is 5.82 Å². The van der Waals surface area contributed by atoms with E-state index in [1.165, 1.54) is 12.3 Å². The first kappa shape index (κ1) is 8.62. The van der Waals surface area contributed by atoms with Crippen LogP contribution in [0.1, 0.15) is 0 Å². The van der Waals surface area contributed by atoms with Crippen molar-refractivity contribution < 1.29 is 4.39 Å². The van der Waals surface area contributed by atoms with Gasteiger partial charge in [0, 0.05) is 24.2 Å². The smallest absolute Gasteiger partial charge is 0.165 e. The second kappa shape index (κ2) is 3.41. The van der Waals surface area contributed by atoms with E-state index in [0.717, 1.165) is 5.56 Å². The number of hydrogen-bond acceptors (Lipinski definition) is 3. The molecule has 2 heterocycles. The van der Waals surface area contributed by atoms with Crippen molar-refractivity contribution >= 4 is 5.82 Å². The Morgan fingerprint density at radius 2 is 1.86 bits per heavy atom. The molecule has 4 heteroatoms. The van der Waals surface area contributed by atoms with Crippen LogP contribution in [-0.2, 0) is 0 Å². The topological polar surface area (TPSA) is 51.8 Å². The van der Waals surface area contributed by atoms with Gasteiger partial charge in [-0.2, -0.15) is 0 Å². The van der Waals surface area contributed by atoms with Gasteiger partial charge in [0.05, 0.1) is 0 Å². The predicted molar refractivity (Wildman–Crippen MR) is 51.8 cm³/mol. The first-order valence-corrected chi connectivity index (χ1v) is 4.09. The highest BCUT2D eigenvalue weighted by molar-refractivity contribution is 5.62. The van der Waals surface area contributed by atoms with Gasteiger partial charge in [-0.05, 0) is 23.8 Å². The minimum absolute atomic E-state index is 0.0807. The van der Waals surface area contributed by atoms with Crippen LogP contribution >= 0.6 is 0 Å². The van der Waals surface area contributed by atoms with Gasteiger partial charge in [0.1, 0.15) is 0 Å². The Morgan fingerprint density at radius 1 is 1.14 bits per heavy atom. The molecule has 0 aliphatic carbocycles. The van der Waals surface area contributed by atoms with Crippen LogP contribution in [0.3, 0.4) is 0 Å². The molecule has 2 aromatic heterocycles. The van der Waals surface area contributed by atoms with Crippen LogP contribution in [0, 0.1) is 5.82 Å². The average Bonchev–Trinajstić information content (AvgIpc) is 2.23. The summed E-state index contributed by atoms with van der Waals surface area (Å²) in [6.07, 6.45) is 4.82. The van der Waals surface area contributed by atoms with E-state index in [9.17, 15) is 4.39 Å². The quantitative estimate of drug-likeness (QED) is 0.744. The molecule has 0 saturated carbocycles. The zero-order valence-corrected chi connectivity index (χ0v) is 7.31. The Hall–Kier alpha value is -1.97. The Bertz CT molecular complexity index is 442. The maximum absolute atomic E-state index is 13.1. The lowest BCUT2D eigenvalue weighted by atomic mass is 10.1. The van der Waals surface area contributed by atoms with E-state index in [1.807, 2.05) is 0 Å². The van der Waals surface area contributed by atoms with Crippen molar-refractivity contribution in [1.82, 2.24) is 9.97 Å². The first-order valence-electron chi connectivity index (χ1n) is 4.09. The number of pyridine rings is 2. The number of halogens is 1. The summed E-state index contributed by atoms with van der Waals surface area (Å²) in [4.78, 5) is 7.61. The lowest BCUT2D eigenvalue weighted by Gasteiger charge is -2.01. The third-order valence-electron chi connectivity index (χ3n) is 1.88. The lowest BCUT2D eigenvalue weighted by molar-refractivity contribution is 0.628. The third-order valence-corrected chi connectivity index (χ3v) is 1.88. The Labute approximate surface area is 80.4 Å². The van der Waals surface area contributed by atoms with Crippen molar-refractivity contribution in [2.24, 2.45) is 0 Å². The highest BCUT2D eigenvalue weighted by Gasteiger charge is 2.02. The molecule has 0 atom stereocenters. The van der Waals surface area contributed by atoms with E-state index in [0.29, 0.717) is 5.56 Å². The summed E-state index contributed by atoms with van der Waals surface area (Å²) < 4.78 is 13.1. The number of rotatable bonds is 1. The van der Waals surface area contributed by atoms with E-state index < -0.39 is 5.82 Å².